The van der Waals surface area contributed by atoms with Gasteiger partial charge in [-0.05, 0) is 44.0 Å². The number of benzene rings is 1. The molecule has 2 fully saturated rings. The Morgan fingerprint density at radius 1 is 1.23 bits per heavy atom. The van der Waals surface area contributed by atoms with Gasteiger partial charge >= 0.3 is 6.09 Å². The van der Waals surface area contributed by atoms with Crippen molar-refractivity contribution in [3.63, 3.8) is 0 Å². The number of hydrogen-bond donors (Lipinski definition) is 0. The fraction of sp³-hybridized carbons (Fsp3) is 0.474. The Balaban J connectivity index is 1.84. The molecule has 1 saturated heterocycles. The summed E-state index contributed by atoms with van der Waals surface area (Å²) in [6.07, 6.45) is 0.332. The van der Waals surface area contributed by atoms with E-state index in [1.165, 1.54) is 29.2 Å². The Labute approximate surface area is 150 Å². The zero-order valence-electron chi connectivity index (χ0n) is 14.4. The number of halogens is 1. The molecule has 0 N–H and O–H groups in total. The predicted molar refractivity (Wildman–Crippen MR) is 88.1 cm³/mol. The maximum absolute atomic E-state index is 13.1. The Bertz CT molecular complexity index is 800. The normalized spacial score (nSPS) is 22.2. The number of likely N-dealkylation sites (tertiary alicyclic amines) is 1. The molecule has 1 heterocycles. The monoisotopic (exact) mass is 355 g/mol. The molecular formula is C19H18FN3O3. The summed E-state index contributed by atoms with van der Waals surface area (Å²) in [5.41, 5.74) is -1.89. The molecule has 0 aromatic heterocycles. The molecular weight excluding hydrogens is 337 g/mol. The van der Waals surface area contributed by atoms with Crippen LogP contribution in [-0.4, -0.2) is 36.5 Å². The molecule has 1 aromatic rings. The van der Waals surface area contributed by atoms with Crippen molar-refractivity contribution in [3.05, 3.63) is 35.6 Å². The number of hydrogen-bond acceptors (Lipinski definition) is 5. The summed E-state index contributed by atoms with van der Waals surface area (Å²) in [7, 11) is 0. The number of Topliss-reactive ketones (excluding diaryl/α,β-unsaturated/α-hetero) is 1. The molecule has 7 heteroatoms. The Kier molecular flexibility index (Phi) is 4.41. The quantitative estimate of drug-likeness (QED) is 0.777. The van der Waals surface area contributed by atoms with Gasteiger partial charge in [-0.25, -0.2) is 9.18 Å². The lowest BCUT2D eigenvalue weighted by Gasteiger charge is -2.32. The summed E-state index contributed by atoms with van der Waals surface area (Å²) >= 11 is 0. The molecule has 6 nitrogen and oxygen atoms in total. The second kappa shape index (κ2) is 6.42. The standard InChI is InChI=1S/C19H18FN3O3/c1-2-26-17(25)23-9-7-18(8-10-23)16(19(18,11-21)12-22)15(24)13-3-5-14(20)6-4-13/h3-6,16H,2,7-10H2,1H3. The van der Waals surface area contributed by atoms with Crippen LogP contribution >= 0.6 is 0 Å². The Hall–Kier alpha value is -2.93. The average Bonchev–Trinajstić information content (AvgIpc) is 3.22. The second-order valence-corrected chi connectivity index (χ2v) is 6.68. The number of amides is 1. The first-order valence-electron chi connectivity index (χ1n) is 8.49. The molecule has 2 aliphatic rings. The Morgan fingerprint density at radius 3 is 2.31 bits per heavy atom. The summed E-state index contributed by atoms with van der Waals surface area (Å²) in [4.78, 5) is 26.3. The SMILES string of the molecule is CCOC(=O)N1CCC2(CC1)C(C(=O)c1ccc(F)cc1)C2(C#N)C#N. The molecule has 3 rings (SSSR count). The largest absolute Gasteiger partial charge is 0.450 e. The first-order chi connectivity index (χ1) is 12.5. The summed E-state index contributed by atoms with van der Waals surface area (Å²) in [6.45, 7) is 2.65. The first-order valence-corrected chi connectivity index (χ1v) is 8.49. The van der Waals surface area contributed by atoms with Gasteiger partial charge in [0.2, 0.25) is 0 Å². The van der Waals surface area contributed by atoms with Crippen LogP contribution in [0.3, 0.4) is 0 Å². The van der Waals surface area contributed by atoms with E-state index in [1.807, 2.05) is 0 Å². The number of carbonyl (C=O) groups is 2. The van der Waals surface area contributed by atoms with Crippen molar-refractivity contribution < 1.29 is 18.7 Å². The minimum absolute atomic E-state index is 0.270. The van der Waals surface area contributed by atoms with Gasteiger partial charge in [0.15, 0.2) is 11.2 Å². The smallest absolute Gasteiger partial charge is 0.409 e. The summed E-state index contributed by atoms with van der Waals surface area (Å²) in [5, 5.41) is 19.3. The molecule has 0 radical (unpaired) electrons. The third kappa shape index (κ3) is 2.43. The minimum atomic E-state index is -1.40. The fourth-order valence-electron chi connectivity index (χ4n) is 4.19. The van der Waals surface area contributed by atoms with Crippen LogP contribution in [0.1, 0.15) is 30.1 Å². The highest BCUT2D eigenvalue weighted by molar-refractivity contribution is 6.02. The number of piperidine rings is 1. The van der Waals surface area contributed by atoms with Crippen LogP contribution in [0, 0.1) is 45.2 Å². The lowest BCUT2D eigenvalue weighted by Crippen LogP contribution is -2.41. The molecule has 1 spiro atoms. The van der Waals surface area contributed by atoms with Crippen molar-refractivity contribution in [2.45, 2.75) is 19.8 Å². The van der Waals surface area contributed by atoms with E-state index >= 15 is 0 Å². The van der Waals surface area contributed by atoms with Crippen LogP contribution in [0.25, 0.3) is 0 Å². The maximum atomic E-state index is 13.1. The Morgan fingerprint density at radius 2 is 1.81 bits per heavy atom. The third-order valence-electron chi connectivity index (χ3n) is 5.61. The van der Waals surface area contributed by atoms with E-state index in [9.17, 15) is 24.5 Å². The fourth-order valence-corrected chi connectivity index (χ4v) is 4.19. The molecule has 1 aliphatic carbocycles. The molecule has 0 bridgehead atoms. The highest BCUT2D eigenvalue weighted by atomic mass is 19.1. The second-order valence-electron chi connectivity index (χ2n) is 6.68. The van der Waals surface area contributed by atoms with Gasteiger partial charge in [-0.15, -0.1) is 0 Å². The predicted octanol–water partition coefficient (Wildman–Crippen LogP) is 2.91. The van der Waals surface area contributed by atoms with E-state index in [2.05, 4.69) is 12.1 Å². The van der Waals surface area contributed by atoms with Gasteiger partial charge in [-0.1, -0.05) is 0 Å². The van der Waals surface area contributed by atoms with E-state index < -0.39 is 28.7 Å². The molecule has 1 aliphatic heterocycles. The molecule has 134 valence electrons. The van der Waals surface area contributed by atoms with Crippen molar-refractivity contribution in [2.24, 2.45) is 16.7 Å². The third-order valence-corrected chi connectivity index (χ3v) is 5.61. The van der Waals surface area contributed by atoms with Gasteiger partial charge in [0.05, 0.1) is 24.7 Å². The lowest BCUT2D eigenvalue weighted by atomic mass is 9.84. The van der Waals surface area contributed by atoms with E-state index in [-0.39, 0.29) is 18.0 Å². The first kappa shape index (κ1) is 17.9. The van der Waals surface area contributed by atoms with Gasteiger partial charge in [-0.3, -0.25) is 4.79 Å². The van der Waals surface area contributed by atoms with Crippen LogP contribution in [0.4, 0.5) is 9.18 Å². The van der Waals surface area contributed by atoms with Crippen molar-refractivity contribution >= 4 is 11.9 Å². The van der Waals surface area contributed by atoms with Crippen LogP contribution in [0.2, 0.25) is 0 Å². The van der Waals surface area contributed by atoms with Gasteiger partial charge in [0, 0.05) is 24.1 Å². The van der Waals surface area contributed by atoms with Crippen molar-refractivity contribution in [3.8, 4) is 12.1 Å². The number of nitrogens with zero attached hydrogens (tertiary/aromatic N) is 3. The number of ether oxygens (including phenoxy) is 1. The lowest BCUT2D eigenvalue weighted by molar-refractivity contribution is 0.0812. The molecule has 1 unspecified atom stereocenters. The van der Waals surface area contributed by atoms with Crippen molar-refractivity contribution in [2.75, 3.05) is 19.7 Å². The van der Waals surface area contributed by atoms with E-state index in [4.69, 9.17) is 4.74 Å². The number of carbonyl (C=O) groups excluding carboxylic acids is 2. The number of nitriles is 2. The van der Waals surface area contributed by atoms with Gasteiger partial charge in [-0.2, -0.15) is 10.5 Å². The summed E-state index contributed by atoms with van der Waals surface area (Å²) < 4.78 is 18.1. The molecule has 1 atom stereocenters. The van der Waals surface area contributed by atoms with Gasteiger partial charge < -0.3 is 9.64 Å². The van der Waals surface area contributed by atoms with Crippen LogP contribution < -0.4 is 0 Å². The van der Waals surface area contributed by atoms with Crippen molar-refractivity contribution in [1.82, 2.24) is 4.90 Å². The highest BCUT2D eigenvalue weighted by Crippen LogP contribution is 2.74. The highest BCUT2D eigenvalue weighted by Gasteiger charge is 2.80. The molecule has 26 heavy (non-hydrogen) atoms. The summed E-state index contributed by atoms with van der Waals surface area (Å²) in [5.74, 6) is -1.54. The van der Waals surface area contributed by atoms with Gasteiger partial charge in [0.25, 0.3) is 0 Å². The van der Waals surface area contributed by atoms with E-state index in [0.717, 1.165) is 0 Å². The minimum Gasteiger partial charge on any atom is -0.450 e. The summed E-state index contributed by atoms with van der Waals surface area (Å²) in [6, 6.07) is 9.22. The van der Waals surface area contributed by atoms with Gasteiger partial charge in [0.1, 0.15) is 5.82 Å². The van der Waals surface area contributed by atoms with Crippen LogP contribution in [0.15, 0.2) is 24.3 Å². The topological polar surface area (TPSA) is 94.2 Å². The molecule has 1 aromatic carbocycles. The molecule has 1 amide bonds. The van der Waals surface area contributed by atoms with Crippen molar-refractivity contribution in [1.29, 1.82) is 10.5 Å². The van der Waals surface area contributed by atoms with E-state index in [1.54, 1.807) is 6.92 Å². The molecule has 1 saturated carbocycles. The van der Waals surface area contributed by atoms with Crippen LogP contribution in [0.5, 0.6) is 0 Å². The maximum Gasteiger partial charge on any atom is 0.409 e. The average molecular weight is 355 g/mol. The zero-order valence-corrected chi connectivity index (χ0v) is 14.4. The number of ketones is 1. The van der Waals surface area contributed by atoms with Crippen LogP contribution in [-0.2, 0) is 4.74 Å². The number of rotatable bonds is 3. The zero-order chi connectivity index (χ0) is 18.9. The van der Waals surface area contributed by atoms with E-state index in [0.29, 0.717) is 25.9 Å².